The van der Waals surface area contributed by atoms with E-state index in [-0.39, 0.29) is 11.3 Å². The summed E-state index contributed by atoms with van der Waals surface area (Å²) in [4.78, 5) is 15.4. The lowest BCUT2D eigenvalue weighted by Crippen LogP contribution is -2.37. The number of H-pyrrole nitrogens is 1. The Kier molecular flexibility index (Phi) is 5.52. The number of benzene rings is 2. The monoisotopic (exact) mass is 370 g/mol. The zero-order chi connectivity index (χ0) is 18.6. The molecule has 3 rings (SSSR count). The number of halogens is 1. The van der Waals surface area contributed by atoms with E-state index in [1.54, 1.807) is 0 Å². The molecule has 0 unspecified atom stereocenters. The van der Waals surface area contributed by atoms with Crippen molar-refractivity contribution < 1.29 is 9.53 Å². The standard InChI is InChI=1S/C21H23ClN2O2/c1-21(2,18-13-23-19-12-15(22)8-9-17(18)19)14-24-20(25)10-11-26-16-6-4-3-5-7-16/h3-9,12-13,23H,10-11,14H2,1-2H3,(H,24,25). The van der Waals surface area contributed by atoms with Gasteiger partial charge in [0.15, 0.2) is 0 Å². The van der Waals surface area contributed by atoms with Gasteiger partial charge in [-0.25, -0.2) is 0 Å². The van der Waals surface area contributed by atoms with Gasteiger partial charge in [0.05, 0.1) is 13.0 Å². The van der Waals surface area contributed by atoms with Gasteiger partial charge in [-0.15, -0.1) is 0 Å². The number of para-hydroxylation sites is 1. The fourth-order valence-electron chi connectivity index (χ4n) is 2.94. The molecule has 0 spiro atoms. The van der Waals surface area contributed by atoms with Gasteiger partial charge < -0.3 is 15.0 Å². The molecule has 1 aromatic heterocycles. The second kappa shape index (κ2) is 7.83. The fourth-order valence-corrected chi connectivity index (χ4v) is 3.11. The molecule has 0 bridgehead atoms. The summed E-state index contributed by atoms with van der Waals surface area (Å²) in [5.74, 6) is 0.759. The van der Waals surface area contributed by atoms with Crippen LogP contribution in [0, 0.1) is 0 Å². The summed E-state index contributed by atoms with van der Waals surface area (Å²) in [5, 5.41) is 4.84. The van der Waals surface area contributed by atoms with Crippen LogP contribution in [0.25, 0.3) is 10.9 Å². The zero-order valence-corrected chi connectivity index (χ0v) is 15.8. The maximum absolute atomic E-state index is 12.1. The molecule has 0 radical (unpaired) electrons. The van der Waals surface area contributed by atoms with E-state index in [0.29, 0.717) is 24.6 Å². The largest absolute Gasteiger partial charge is 0.493 e. The Morgan fingerprint density at radius 1 is 1.19 bits per heavy atom. The summed E-state index contributed by atoms with van der Waals surface area (Å²) in [7, 11) is 0. The van der Waals surface area contributed by atoms with Gasteiger partial charge >= 0.3 is 0 Å². The van der Waals surface area contributed by atoms with Crippen LogP contribution in [0.15, 0.2) is 54.7 Å². The summed E-state index contributed by atoms with van der Waals surface area (Å²) in [6.07, 6.45) is 2.32. The van der Waals surface area contributed by atoms with Crippen LogP contribution in [0.1, 0.15) is 25.8 Å². The number of hydrogen-bond donors (Lipinski definition) is 2. The number of fused-ring (bicyclic) bond motifs is 1. The first kappa shape index (κ1) is 18.3. The first-order chi connectivity index (χ1) is 12.5. The lowest BCUT2D eigenvalue weighted by atomic mass is 9.84. The Morgan fingerprint density at radius 3 is 2.73 bits per heavy atom. The van der Waals surface area contributed by atoms with Crippen LogP contribution in [0.3, 0.4) is 0 Å². The predicted molar refractivity (Wildman–Crippen MR) is 106 cm³/mol. The minimum absolute atomic E-state index is 0.0168. The lowest BCUT2D eigenvalue weighted by molar-refractivity contribution is -0.121. The Bertz CT molecular complexity index is 887. The molecule has 0 saturated carbocycles. The Labute approximate surface area is 158 Å². The van der Waals surface area contributed by atoms with E-state index in [1.165, 1.54) is 0 Å². The highest BCUT2D eigenvalue weighted by Gasteiger charge is 2.24. The molecule has 26 heavy (non-hydrogen) atoms. The predicted octanol–water partition coefficient (Wildman–Crippen LogP) is 4.68. The molecule has 0 aliphatic rings. The Hall–Kier alpha value is -2.46. The van der Waals surface area contributed by atoms with Crippen molar-refractivity contribution >= 4 is 28.4 Å². The van der Waals surface area contributed by atoms with E-state index >= 15 is 0 Å². The smallest absolute Gasteiger partial charge is 0.223 e. The summed E-state index contributed by atoms with van der Waals surface area (Å²) >= 11 is 6.05. The van der Waals surface area contributed by atoms with Crippen molar-refractivity contribution in [3.05, 3.63) is 65.3 Å². The second-order valence-electron chi connectivity index (χ2n) is 6.96. The van der Waals surface area contributed by atoms with Gasteiger partial charge in [0, 0.05) is 34.1 Å². The number of hydrogen-bond acceptors (Lipinski definition) is 2. The van der Waals surface area contributed by atoms with Crippen molar-refractivity contribution in [2.75, 3.05) is 13.2 Å². The molecule has 1 heterocycles. The van der Waals surface area contributed by atoms with E-state index in [4.69, 9.17) is 16.3 Å². The van der Waals surface area contributed by atoms with Gasteiger partial charge in [-0.05, 0) is 29.8 Å². The normalized spacial score (nSPS) is 11.5. The van der Waals surface area contributed by atoms with Crippen molar-refractivity contribution in [1.82, 2.24) is 10.3 Å². The van der Waals surface area contributed by atoms with Gasteiger partial charge in [0.1, 0.15) is 5.75 Å². The van der Waals surface area contributed by atoms with Crippen LogP contribution in [0.5, 0.6) is 5.75 Å². The van der Waals surface area contributed by atoms with Crippen LogP contribution < -0.4 is 10.1 Å². The molecule has 0 aliphatic carbocycles. The average molecular weight is 371 g/mol. The van der Waals surface area contributed by atoms with Gasteiger partial charge in [-0.3, -0.25) is 4.79 Å². The van der Waals surface area contributed by atoms with E-state index < -0.39 is 0 Å². The minimum Gasteiger partial charge on any atom is -0.493 e. The van der Waals surface area contributed by atoms with Crippen LogP contribution in [0.2, 0.25) is 5.02 Å². The molecule has 3 aromatic rings. The highest BCUT2D eigenvalue weighted by atomic mass is 35.5. The molecule has 2 aromatic carbocycles. The minimum atomic E-state index is -0.206. The summed E-state index contributed by atoms with van der Waals surface area (Å²) in [6, 6.07) is 15.3. The van der Waals surface area contributed by atoms with Crippen molar-refractivity contribution in [1.29, 1.82) is 0 Å². The van der Waals surface area contributed by atoms with Gasteiger partial charge in [-0.2, -0.15) is 0 Å². The molecule has 0 aliphatic heterocycles. The zero-order valence-electron chi connectivity index (χ0n) is 15.0. The van der Waals surface area contributed by atoms with Gasteiger partial charge in [0.2, 0.25) is 5.91 Å². The second-order valence-corrected chi connectivity index (χ2v) is 7.40. The Morgan fingerprint density at radius 2 is 1.96 bits per heavy atom. The number of amides is 1. The molecule has 2 N–H and O–H groups in total. The number of carbonyl (C=O) groups is 1. The summed E-state index contributed by atoms with van der Waals surface area (Å²) in [5.41, 5.74) is 1.95. The number of aromatic amines is 1. The molecule has 4 nitrogen and oxygen atoms in total. The van der Waals surface area contributed by atoms with Crippen LogP contribution in [0.4, 0.5) is 0 Å². The maximum Gasteiger partial charge on any atom is 0.223 e. The SMILES string of the molecule is CC(C)(CNC(=O)CCOc1ccccc1)c1c[nH]c2cc(Cl)ccc12. The maximum atomic E-state index is 12.1. The van der Waals surface area contributed by atoms with E-state index in [9.17, 15) is 4.79 Å². The average Bonchev–Trinajstić information content (AvgIpc) is 3.05. The van der Waals surface area contributed by atoms with Crippen LogP contribution in [-0.4, -0.2) is 24.0 Å². The molecule has 0 atom stereocenters. The fraction of sp³-hybridized carbons (Fsp3) is 0.286. The van der Waals surface area contributed by atoms with E-state index in [1.807, 2.05) is 54.7 Å². The van der Waals surface area contributed by atoms with Crippen molar-refractivity contribution in [2.45, 2.75) is 25.7 Å². The third-order valence-corrected chi connectivity index (χ3v) is 4.68. The number of ether oxygens (including phenoxy) is 1. The molecule has 0 saturated heterocycles. The van der Waals surface area contributed by atoms with Gasteiger partial charge in [-0.1, -0.05) is 49.7 Å². The number of carbonyl (C=O) groups excluding carboxylic acids is 1. The number of nitrogens with one attached hydrogen (secondary N) is 2. The van der Waals surface area contributed by atoms with Gasteiger partial charge in [0.25, 0.3) is 0 Å². The van der Waals surface area contributed by atoms with Crippen molar-refractivity contribution in [3.63, 3.8) is 0 Å². The summed E-state index contributed by atoms with van der Waals surface area (Å²) < 4.78 is 5.57. The van der Waals surface area contributed by atoms with Crippen LogP contribution >= 0.6 is 11.6 Å². The van der Waals surface area contributed by atoms with Crippen LogP contribution in [-0.2, 0) is 10.2 Å². The molecular formula is C21H23ClN2O2. The Balaban J connectivity index is 1.54. The third-order valence-electron chi connectivity index (χ3n) is 4.44. The highest BCUT2D eigenvalue weighted by Crippen LogP contribution is 2.31. The third kappa shape index (κ3) is 4.38. The van der Waals surface area contributed by atoms with E-state index in [0.717, 1.165) is 22.2 Å². The molecule has 136 valence electrons. The number of rotatable bonds is 7. The quantitative estimate of drug-likeness (QED) is 0.634. The topological polar surface area (TPSA) is 54.1 Å². The van der Waals surface area contributed by atoms with E-state index in [2.05, 4.69) is 24.1 Å². The molecule has 0 fully saturated rings. The first-order valence-corrected chi connectivity index (χ1v) is 9.05. The highest BCUT2D eigenvalue weighted by molar-refractivity contribution is 6.31. The number of aromatic nitrogens is 1. The summed E-state index contributed by atoms with van der Waals surface area (Å²) in [6.45, 7) is 5.14. The first-order valence-electron chi connectivity index (χ1n) is 8.67. The molecular weight excluding hydrogens is 348 g/mol. The molecule has 5 heteroatoms. The molecule has 1 amide bonds. The van der Waals surface area contributed by atoms with Crippen molar-refractivity contribution in [2.24, 2.45) is 0 Å². The van der Waals surface area contributed by atoms with Crippen molar-refractivity contribution in [3.8, 4) is 5.75 Å². The lowest BCUT2D eigenvalue weighted by Gasteiger charge is -2.25.